The van der Waals surface area contributed by atoms with E-state index in [0.29, 0.717) is 18.5 Å². The number of alkyl halides is 2. The number of hydrogen-bond donors (Lipinski definition) is 2. The van der Waals surface area contributed by atoms with Crippen molar-refractivity contribution >= 4 is 15.9 Å². The van der Waals surface area contributed by atoms with Gasteiger partial charge >= 0.3 is 6.61 Å². The van der Waals surface area contributed by atoms with Crippen molar-refractivity contribution in [2.45, 2.75) is 32.5 Å². The summed E-state index contributed by atoms with van der Waals surface area (Å²) in [5.74, 6) is 0.164. The highest BCUT2D eigenvalue weighted by atomic mass is 79.9. The molecule has 1 aromatic rings. The van der Waals surface area contributed by atoms with Gasteiger partial charge in [-0.2, -0.15) is 8.78 Å². The van der Waals surface area contributed by atoms with Crippen LogP contribution in [0.1, 0.15) is 18.9 Å². The Labute approximate surface area is 113 Å². The summed E-state index contributed by atoms with van der Waals surface area (Å²) in [4.78, 5) is 0. The average Bonchev–Trinajstić information content (AvgIpc) is 2.29. The molecule has 0 aromatic heterocycles. The highest BCUT2D eigenvalue weighted by Gasteiger charge is 2.11. The van der Waals surface area contributed by atoms with Crippen LogP contribution in [-0.4, -0.2) is 24.4 Å². The van der Waals surface area contributed by atoms with Gasteiger partial charge in [0, 0.05) is 29.2 Å². The van der Waals surface area contributed by atoms with Gasteiger partial charge in [0.05, 0.1) is 0 Å². The van der Waals surface area contributed by atoms with Crippen LogP contribution in [0.5, 0.6) is 5.75 Å². The van der Waals surface area contributed by atoms with E-state index in [4.69, 9.17) is 5.11 Å². The van der Waals surface area contributed by atoms with Gasteiger partial charge in [0.15, 0.2) is 0 Å². The first-order valence-electron chi connectivity index (χ1n) is 5.60. The third-order valence-corrected chi connectivity index (χ3v) is 2.93. The quantitative estimate of drug-likeness (QED) is 0.810. The molecule has 6 heteroatoms. The van der Waals surface area contributed by atoms with E-state index in [9.17, 15) is 8.78 Å². The lowest BCUT2D eigenvalue weighted by molar-refractivity contribution is -0.0505. The lowest BCUT2D eigenvalue weighted by atomic mass is 10.1. The van der Waals surface area contributed by atoms with E-state index in [1.165, 1.54) is 6.07 Å². The predicted octanol–water partition coefficient (Wildman–Crippen LogP) is 2.91. The maximum absolute atomic E-state index is 12.2. The van der Waals surface area contributed by atoms with Crippen molar-refractivity contribution in [3.05, 3.63) is 28.2 Å². The van der Waals surface area contributed by atoms with Crippen molar-refractivity contribution in [3.63, 3.8) is 0 Å². The van der Waals surface area contributed by atoms with Crippen LogP contribution in [0.25, 0.3) is 0 Å². The minimum atomic E-state index is -2.83. The molecule has 0 aliphatic heterocycles. The van der Waals surface area contributed by atoms with Crippen molar-refractivity contribution < 1.29 is 18.6 Å². The number of benzene rings is 1. The maximum Gasteiger partial charge on any atom is 0.387 e. The third kappa shape index (κ3) is 5.29. The molecule has 0 aliphatic rings. The molecule has 0 spiro atoms. The Kier molecular flexibility index (Phi) is 6.52. The topological polar surface area (TPSA) is 41.5 Å². The monoisotopic (exact) mass is 323 g/mol. The molecule has 1 rings (SSSR count). The van der Waals surface area contributed by atoms with Gasteiger partial charge in [-0.3, -0.25) is 0 Å². The summed E-state index contributed by atoms with van der Waals surface area (Å²) in [7, 11) is 0. The Hall–Kier alpha value is -0.720. The largest absolute Gasteiger partial charge is 0.434 e. The first kappa shape index (κ1) is 15.3. The molecule has 0 saturated heterocycles. The Balaban J connectivity index is 2.69. The zero-order valence-electron chi connectivity index (χ0n) is 10.00. The maximum atomic E-state index is 12.2. The summed E-state index contributed by atoms with van der Waals surface area (Å²) < 4.78 is 29.7. The second kappa shape index (κ2) is 7.66. The Morgan fingerprint density at radius 2 is 2.17 bits per heavy atom. The highest BCUT2D eigenvalue weighted by molar-refractivity contribution is 9.10. The summed E-state index contributed by atoms with van der Waals surface area (Å²) in [5, 5.41) is 11.9. The molecular weight excluding hydrogens is 308 g/mol. The number of rotatable bonds is 7. The Morgan fingerprint density at radius 1 is 1.44 bits per heavy atom. The van der Waals surface area contributed by atoms with Crippen LogP contribution in [0.3, 0.4) is 0 Å². The van der Waals surface area contributed by atoms with Gasteiger partial charge in [0.25, 0.3) is 0 Å². The molecule has 1 unspecified atom stereocenters. The van der Waals surface area contributed by atoms with E-state index in [1.807, 2.05) is 6.92 Å². The van der Waals surface area contributed by atoms with Crippen molar-refractivity contribution in [1.82, 2.24) is 5.32 Å². The van der Waals surface area contributed by atoms with Crippen LogP contribution in [0.2, 0.25) is 0 Å². The van der Waals surface area contributed by atoms with Crippen LogP contribution in [0, 0.1) is 0 Å². The fourth-order valence-electron chi connectivity index (χ4n) is 1.48. The van der Waals surface area contributed by atoms with Gasteiger partial charge in [0.1, 0.15) is 5.75 Å². The van der Waals surface area contributed by atoms with Crippen LogP contribution in [0.15, 0.2) is 22.7 Å². The van der Waals surface area contributed by atoms with Gasteiger partial charge in [-0.25, -0.2) is 0 Å². The number of nitrogens with one attached hydrogen (secondary N) is 1. The average molecular weight is 324 g/mol. The lowest BCUT2D eigenvalue weighted by Gasteiger charge is -2.15. The SMILES string of the molecule is CC(CCO)NCc1cc(Br)ccc1OC(F)F. The van der Waals surface area contributed by atoms with E-state index in [2.05, 4.69) is 26.0 Å². The molecule has 0 saturated carbocycles. The van der Waals surface area contributed by atoms with Crippen molar-refractivity contribution in [2.24, 2.45) is 0 Å². The van der Waals surface area contributed by atoms with E-state index >= 15 is 0 Å². The number of ether oxygens (including phenoxy) is 1. The first-order valence-corrected chi connectivity index (χ1v) is 6.39. The second-order valence-electron chi connectivity index (χ2n) is 3.92. The summed E-state index contributed by atoms with van der Waals surface area (Å²) >= 11 is 3.29. The fraction of sp³-hybridized carbons (Fsp3) is 0.500. The van der Waals surface area contributed by atoms with Crippen LogP contribution >= 0.6 is 15.9 Å². The Morgan fingerprint density at radius 3 is 2.78 bits per heavy atom. The predicted molar refractivity (Wildman–Crippen MR) is 68.8 cm³/mol. The molecule has 18 heavy (non-hydrogen) atoms. The van der Waals surface area contributed by atoms with Gasteiger partial charge in [-0.05, 0) is 31.5 Å². The fourth-order valence-corrected chi connectivity index (χ4v) is 1.89. The number of aliphatic hydroxyl groups excluding tert-OH is 1. The highest BCUT2D eigenvalue weighted by Crippen LogP contribution is 2.24. The number of aliphatic hydroxyl groups is 1. The summed E-state index contributed by atoms with van der Waals surface area (Å²) in [6.45, 7) is -0.419. The van der Waals surface area contributed by atoms with Gasteiger partial charge in [-0.1, -0.05) is 15.9 Å². The van der Waals surface area contributed by atoms with Crippen LogP contribution in [-0.2, 0) is 6.54 Å². The summed E-state index contributed by atoms with van der Waals surface area (Å²) in [6.07, 6.45) is 0.610. The van der Waals surface area contributed by atoms with E-state index in [-0.39, 0.29) is 18.4 Å². The molecule has 2 N–H and O–H groups in total. The number of halogens is 3. The first-order chi connectivity index (χ1) is 8.52. The standard InChI is InChI=1S/C12H16BrF2NO2/c1-8(4-5-17)16-7-9-6-10(13)2-3-11(9)18-12(14)15/h2-3,6,8,12,16-17H,4-5,7H2,1H3. The molecule has 1 atom stereocenters. The van der Waals surface area contributed by atoms with Crippen molar-refractivity contribution in [1.29, 1.82) is 0 Å². The molecule has 3 nitrogen and oxygen atoms in total. The zero-order chi connectivity index (χ0) is 13.5. The minimum absolute atomic E-state index is 0.0903. The van der Waals surface area contributed by atoms with E-state index in [1.54, 1.807) is 12.1 Å². The molecule has 0 amide bonds. The normalized spacial score (nSPS) is 12.8. The van der Waals surface area contributed by atoms with E-state index in [0.717, 1.165) is 4.47 Å². The Bertz CT molecular complexity index is 377. The molecule has 0 bridgehead atoms. The third-order valence-electron chi connectivity index (χ3n) is 2.44. The smallest absolute Gasteiger partial charge is 0.387 e. The second-order valence-corrected chi connectivity index (χ2v) is 4.84. The molecule has 0 aliphatic carbocycles. The van der Waals surface area contributed by atoms with Gasteiger partial charge < -0.3 is 15.2 Å². The van der Waals surface area contributed by atoms with Crippen molar-refractivity contribution in [3.8, 4) is 5.75 Å². The van der Waals surface area contributed by atoms with Crippen LogP contribution in [0.4, 0.5) is 8.78 Å². The molecule has 0 fully saturated rings. The molecule has 1 aromatic carbocycles. The zero-order valence-corrected chi connectivity index (χ0v) is 11.6. The van der Waals surface area contributed by atoms with E-state index < -0.39 is 6.61 Å². The molecule has 102 valence electrons. The summed E-state index contributed by atoms with van der Waals surface area (Å²) in [6, 6.07) is 4.99. The molecule has 0 radical (unpaired) electrons. The molecule has 0 heterocycles. The summed E-state index contributed by atoms with van der Waals surface area (Å²) in [5.41, 5.74) is 0.648. The van der Waals surface area contributed by atoms with Gasteiger partial charge in [0.2, 0.25) is 0 Å². The minimum Gasteiger partial charge on any atom is -0.434 e. The van der Waals surface area contributed by atoms with Crippen LogP contribution < -0.4 is 10.1 Å². The molecular formula is C12H16BrF2NO2. The van der Waals surface area contributed by atoms with Crippen molar-refractivity contribution in [2.75, 3.05) is 6.61 Å². The van der Waals surface area contributed by atoms with Gasteiger partial charge in [-0.15, -0.1) is 0 Å². The number of hydrogen-bond acceptors (Lipinski definition) is 3. The lowest BCUT2D eigenvalue weighted by Crippen LogP contribution is -2.26.